The molecule has 2 aliphatic rings. The van der Waals surface area contributed by atoms with Gasteiger partial charge in [0.2, 0.25) is 10.0 Å². The van der Waals surface area contributed by atoms with Gasteiger partial charge in [-0.2, -0.15) is 0 Å². The van der Waals surface area contributed by atoms with Crippen molar-refractivity contribution in [3.63, 3.8) is 0 Å². The second-order valence-corrected chi connectivity index (χ2v) is 10.3. The zero-order chi connectivity index (χ0) is 19.2. The van der Waals surface area contributed by atoms with E-state index < -0.39 is 10.0 Å². The van der Waals surface area contributed by atoms with Gasteiger partial charge in [0.1, 0.15) is 0 Å². The Kier molecular flexibility index (Phi) is 4.91. The molecule has 4 unspecified atom stereocenters. The molecule has 0 amide bonds. The smallest absolute Gasteiger partial charge is 0.240 e. The molecule has 4 atom stereocenters. The van der Waals surface area contributed by atoms with E-state index in [1.54, 1.807) is 17.4 Å². The third kappa shape index (κ3) is 3.35. The maximum Gasteiger partial charge on any atom is 0.240 e. The molecule has 1 aliphatic heterocycles. The van der Waals surface area contributed by atoms with Gasteiger partial charge in [0.05, 0.1) is 10.9 Å². The van der Waals surface area contributed by atoms with Gasteiger partial charge in [-0.15, -0.1) is 11.3 Å². The first-order valence-electron chi connectivity index (χ1n) is 9.54. The van der Waals surface area contributed by atoms with E-state index in [0.29, 0.717) is 10.8 Å². The van der Waals surface area contributed by atoms with Crippen molar-refractivity contribution in [3.8, 4) is 0 Å². The lowest BCUT2D eigenvalue weighted by Gasteiger charge is -2.37. The lowest BCUT2D eigenvalue weighted by atomic mass is 9.78. The lowest BCUT2D eigenvalue weighted by molar-refractivity contribution is 0.428. The molecule has 2 heterocycles. The summed E-state index contributed by atoms with van der Waals surface area (Å²) in [6.45, 7) is 6.03. The summed E-state index contributed by atoms with van der Waals surface area (Å²) in [5.41, 5.74) is 3.46. The highest BCUT2D eigenvalue weighted by Crippen LogP contribution is 2.51. The lowest BCUT2D eigenvalue weighted by Crippen LogP contribution is -2.33. The van der Waals surface area contributed by atoms with Crippen molar-refractivity contribution >= 4 is 27.0 Å². The van der Waals surface area contributed by atoms with Crippen molar-refractivity contribution in [1.82, 2.24) is 4.72 Å². The van der Waals surface area contributed by atoms with Crippen LogP contribution in [0.4, 0.5) is 5.69 Å². The minimum atomic E-state index is -3.50. The molecule has 144 valence electrons. The van der Waals surface area contributed by atoms with Crippen LogP contribution in [0.2, 0.25) is 0 Å². The molecule has 6 heteroatoms. The van der Waals surface area contributed by atoms with E-state index in [2.05, 4.69) is 40.6 Å². The fourth-order valence-corrected chi connectivity index (χ4v) is 6.53. The van der Waals surface area contributed by atoms with Crippen LogP contribution in [0.3, 0.4) is 0 Å². The quantitative estimate of drug-likeness (QED) is 0.695. The number of thiophene rings is 1. The average Bonchev–Trinajstić information content (AvgIpc) is 3.29. The fourth-order valence-electron chi connectivity index (χ4n) is 4.12. The van der Waals surface area contributed by atoms with Gasteiger partial charge < -0.3 is 5.32 Å². The monoisotopic (exact) mass is 402 g/mol. The van der Waals surface area contributed by atoms with E-state index in [0.717, 1.165) is 24.1 Å². The Morgan fingerprint density at radius 3 is 2.85 bits per heavy atom. The topological polar surface area (TPSA) is 58.2 Å². The van der Waals surface area contributed by atoms with Gasteiger partial charge in [-0.25, -0.2) is 13.1 Å². The summed E-state index contributed by atoms with van der Waals surface area (Å²) in [5.74, 6) is 0.682. The highest BCUT2D eigenvalue weighted by Gasteiger charge is 2.39. The third-order valence-corrected chi connectivity index (χ3v) is 8.49. The standard InChI is InChI=1S/C21H26N2O2S2/c1-4-14(3)23-27(24,25)15-8-9-19-18(12-15)16-6-5-7-17(16)20(22-19)21-13(2)10-11-26-21/h5-6,8-12,14,16-17,20,22-23H,4,7H2,1-3H3. The van der Waals surface area contributed by atoms with Crippen LogP contribution in [0.1, 0.15) is 54.7 Å². The van der Waals surface area contributed by atoms with Crippen LogP contribution < -0.4 is 10.0 Å². The van der Waals surface area contributed by atoms with E-state index in [1.165, 1.54) is 10.4 Å². The SMILES string of the molecule is CCC(C)NS(=O)(=O)c1ccc2c(c1)C1C=CCC1C(c1sccc1C)N2. The van der Waals surface area contributed by atoms with Gasteiger partial charge in [-0.1, -0.05) is 19.1 Å². The molecule has 0 radical (unpaired) electrons. The molecule has 4 rings (SSSR count). The van der Waals surface area contributed by atoms with Crippen LogP contribution in [0.25, 0.3) is 0 Å². The summed E-state index contributed by atoms with van der Waals surface area (Å²) in [4.78, 5) is 1.74. The van der Waals surface area contributed by atoms with E-state index in [9.17, 15) is 8.42 Å². The predicted molar refractivity (Wildman–Crippen MR) is 112 cm³/mol. The largest absolute Gasteiger partial charge is 0.377 e. The van der Waals surface area contributed by atoms with Gasteiger partial charge >= 0.3 is 0 Å². The number of fused-ring (bicyclic) bond motifs is 3. The van der Waals surface area contributed by atoms with E-state index in [4.69, 9.17) is 0 Å². The summed E-state index contributed by atoms with van der Waals surface area (Å²) in [6.07, 6.45) is 6.27. The van der Waals surface area contributed by atoms with Crippen LogP contribution in [-0.4, -0.2) is 14.5 Å². The van der Waals surface area contributed by atoms with Crippen molar-refractivity contribution in [2.24, 2.45) is 5.92 Å². The Bertz CT molecular complexity index is 978. The number of aryl methyl sites for hydroxylation is 1. The number of hydrogen-bond acceptors (Lipinski definition) is 4. The van der Waals surface area contributed by atoms with Gasteiger partial charge in [-0.3, -0.25) is 0 Å². The summed E-state index contributed by atoms with van der Waals surface area (Å²) in [5, 5.41) is 5.85. The van der Waals surface area contributed by atoms with Crippen LogP contribution in [0, 0.1) is 12.8 Å². The third-order valence-electron chi connectivity index (χ3n) is 5.80. The number of allylic oxidation sites excluding steroid dienone is 2. The second-order valence-electron chi connectivity index (χ2n) is 7.62. The van der Waals surface area contributed by atoms with E-state index in [1.807, 2.05) is 26.0 Å². The van der Waals surface area contributed by atoms with Crippen molar-refractivity contribution in [2.45, 2.75) is 56.5 Å². The second kappa shape index (κ2) is 7.08. The molecule has 2 aromatic rings. The Morgan fingerprint density at radius 1 is 1.33 bits per heavy atom. The molecule has 2 N–H and O–H groups in total. The van der Waals surface area contributed by atoms with Gasteiger partial charge in [0, 0.05) is 22.5 Å². The molecule has 0 fully saturated rings. The number of sulfonamides is 1. The molecule has 1 aliphatic carbocycles. The van der Waals surface area contributed by atoms with Crippen LogP contribution >= 0.6 is 11.3 Å². The molecular weight excluding hydrogens is 376 g/mol. The average molecular weight is 403 g/mol. The highest BCUT2D eigenvalue weighted by atomic mass is 32.2. The van der Waals surface area contributed by atoms with Crippen LogP contribution in [0.5, 0.6) is 0 Å². The molecular formula is C21H26N2O2S2. The van der Waals surface area contributed by atoms with Gasteiger partial charge in [-0.05, 0) is 73.4 Å². The summed E-state index contributed by atoms with van der Waals surface area (Å²) in [7, 11) is -3.50. The van der Waals surface area contributed by atoms with E-state index in [-0.39, 0.29) is 18.0 Å². The Morgan fingerprint density at radius 2 is 2.15 bits per heavy atom. The van der Waals surface area contributed by atoms with Crippen molar-refractivity contribution in [1.29, 1.82) is 0 Å². The normalized spacial score (nSPS) is 24.9. The highest BCUT2D eigenvalue weighted by molar-refractivity contribution is 7.89. The molecule has 4 nitrogen and oxygen atoms in total. The number of rotatable bonds is 5. The first-order valence-corrected chi connectivity index (χ1v) is 11.9. The molecule has 0 saturated heterocycles. The van der Waals surface area contributed by atoms with Crippen molar-refractivity contribution in [2.75, 3.05) is 5.32 Å². The van der Waals surface area contributed by atoms with Gasteiger partial charge in [0.25, 0.3) is 0 Å². The van der Waals surface area contributed by atoms with Gasteiger partial charge in [0.15, 0.2) is 0 Å². The first kappa shape index (κ1) is 18.7. The molecule has 27 heavy (non-hydrogen) atoms. The molecule has 0 saturated carbocycles. The number of anilines is 1. The Labute approximate surface area is 165 Å². The minimum Gasteiger partial charge on any atom is -0.377 e. The van der Waals surface area contributed by atoms with Crippen LogP contribution in [0.15, 0.2) is 46.7 Å². The minimum absolute atomic E-state index is 0.0746. The van der Waals surface area contributed by atoms with Crippen LogP contribution in [-0.2, 0) is 10.0 Å². The van der Waals surface area contributed by atoms with Crippen molar-refractivity contribution in [3.05, 3.63) is 57.8 Å². The zero-order valence-electron chi connectivity index (χ0n) is 15.9. The number of benzene rings is 1. The molecule has 0 bridgehead atoms. The molecule has 1 aromatic heterocycles. The zero-order valence-corrected chi connectivity index (χ0v) is 17.5. The van der Waals surface area contributed by atoms with E-state index >= 15 is 0 Å². The predicted octanol–water partition coefficient (Wildman–Crippen LogP) is 4.96. The maximum absolute atomic E-state index is 12.7. The first-order chi connectivity index (χ1) is 12.9. The fraction of sp³-hybridized carbons (Fsp3) is 0.429. The molecule has 0 spiro atoms. The number of hydrogen-bond donors (Lipinski definition) is 2. The summed E-state index contributed by atoms with van der Waals surface area (Å²) >= 11 is 1.80. The number of nitrogens with one attached hydrogen (secondary N) is 2. The molecule has 1 aromatic carbocycles. The Hall–Kier alpha value is -1.63. The summed E-state index contributed by atoms with van der Waals surface area (Å²) in [6, 6.07) is 7.88. The Balaban J connectivity index is 1.72. The summed E-state index contributed by atoms with van der Waals surface area (Å²) < 4.78 is 28.2. The van der Waals surface area contributed by atoms with Crippen molar-refractivity contribution < 1.29 is 8.42 Å². The maximum atomic E-state index is 12.7.